The van der Waals surface area contributed by atoms with Gasteiger partial charge in [-0.25, -0.2) is 9.18 Å². The fraction of sp³-hybridized carbons (Fsp3) is 0.579. The molecular formula is C19H25ClFNO4. The molecule has 1 N–H and O–H groups in total. The fourth-order valence-electron chi connectivity index (χ4n) is 3.05. The highest BCUT2D eigenvalue weighted by Gasteiger charge is 2.40. The minimum absolute atomic E-state index is 0.0199. The van der Waals surface area contributed by atoms with Crippen LogP contribution in [0, 0.1) is 11.7 Å². The summed E-state index contributed by atoms with van der Waals surface area (Å²) in [5, 5.41) is 9.44. The molecule has 26 heavy (non-hydrogen) atoms. The van der Waals surface area contributed by atoms with E-state index in [2.05, 4.69) is 0 Å². The van der Waals surface area contributed by atoms with Crippen LogP contribution in [-0.2, 0) is 16.0 Å². The van der Waals surface area contributed by atoms with Gasteiger partial charge in [-0.2, -0.15) is 0 Å². The average Bonchev–Trinajstić information content (AvgIpc) is 2.99. The molecule has 0 aliphatic carbocycles. The van der Waals surface area contributed by atoms with Gasteiger partial charge in [0.15, 0.2) is 5.78 Å². The van der Waals surface area contributed by atoms with Crippen LogP contribution in [0.1, 0.15) is 39.2 Å². The number of amides is 1. The van der Waals surface area contributed by atoms with E-state index in [9.17, 15) is 19.1 Å². The van der Waals surface area contributed by atoms with Crippen LogP contribution < -0.4 is 0 Å². The Morgan fingerprint density at radius 3 is 2.69 bits per heavy atom. The topological polar surface area (TPSA) is 66.8 Å². The molecule has 1 aromatic carbocycles. The molecule has 1 fully saturated rings. The Labute approximate surface area is 158 Å². The van der Waals surface area contributed by atoms with Crippen LogP contribution in [0.5, 0.6) is 0 Å². The van der Waals surface area contributed by atoms with Gasteiger partial charge in [0.25, 0.3) is 0 Å². The van der Waals surface area contributed by atoms with E-state index >= 15 is 0 Å². The number of likely N-dealkylation sites (tertiary alicyclic amines) is 1. The number of hydrogen-bond acceptors (Lipinski definition) is 4. The number of nitrogens with zero attached hydrogens (tertiary/aromatic N) is 1. The van der Waals surface area contributed by atoms with Crippen LogP contribution in [0.3, 0.4) is 0 Å². The lowest BCUT2D eigenvalue weighted by Gasteiger charge is -2.28. The molecule has 2 rings (SSSR count). The van der Waals surface area contributed by atoms with Crippen LogP contribution in [0.15, 0.2) is 18.2 Å². The van der Waals surface area contributed by atoms with Crippen LogP contribution in [0.25, 0.3) is 0 Å². The van der Waals surface area contributed by atoms with E-state index in [0.29, 0.717) is 12.0 Å². The second-order valence-electron chi connectivity index (χ2n) is 7.61. The summed E-state index contributed by atoms with van der Waals surface area (Å²) in [6.45, 7) is 5.43. The SMILES string of the molecule is CC(C)(C)OC(=O)N1C[C@@H](CO)C[C@H]1C(=O)CCc1cccc(Cl)c1F. The Morgan fingerprint density at radius 2 is 2.08 bits per heavy atom. The normalized spacial score (nSPS) is 20.3. The van der Waals surface area contributed by atoms with Crippen LogP contribution >= 0.6 is 11.6 Å². The van der Waals surface area contributed by atoms with E-state index in [0.717, 1.165) is 0 Å². The Kier molecular flexibility index (Phi) is 6.64. The molecule has 0 unspecified atom stereocenters. The van der Waals surface area contributed by atoms with Crippen molar-refractivity contribution in [2.24, 2.45) is 5.92 Å². The smallest absolute Gasteiger partial charge is 0.410 e. The number of carbonyl (C=O) groups excluding carboxylic acids is 2. The van der Waals surface area contributed by atoms with E-state index < -0.39 is 23.6 Å². The van der Waals surface area contributed by atoms with Gasteiger partial charge >= 0.3 is 6.09 Å². The van der Waals surface area contributed by atoms with Crippen LogP contribution in [0.2, 0.25) is 5.02 Å². The molecule has 0 spiro atoms. The monoisotopic (exact) mass is 385 g/mol. The van der Waals surface area contributed by atoms with E-state index in [1.165, 1.54) is 11.0 Å². The summed E-state index contributed by atoms with van der Waals surface area (Å²) in [4.78, 5) is 26.5. The van der Waals surface area contributed by atoms with E-state index in [1.54, 1.807) is 32.9 Å². The lowest BCUT2D eigenvalue weighted by Crippen LogP contribution is -2.43. The third-order valence-electron chi connectivity index (χ3n) is 4.32. The average molecular weight is 386 g/mol. The lowest BCUT2D eigenvalue weighted by atomic mass is 9.99. The second kappa shape index (κ2) is 8.35. The van der Waals surface area contributed by atoms with Crippen molar-refractivity contribution in [3.8, 4) is 0 Å². The van der Waals surface area contributed by atoms with E-state index in [4.69, 9.17) is 16.3 Å². The van der Waals surface area contributed by atoms with Crippen molar-refractivity contribution in [2.45, 2.75) is 51.7 Å². The summed E-state index contributed by atoms with van der Waals surface area (Å²) in [6.07, 6.45) is 0.0976. The Morgan fingerprint density at radius 1 is 1.38 bits per heavy atom. The molecule has 1 aliphatic rings. The first-order valence-corrected chi connectivity index (χ1v) is 9.06. The van der Waals surface area contributed by atoms with Crippen molar-refractivity contribution in [1.82, 2.24) is 4.90 Å². The maximum atomic E-state index is 14.0. The first kappa shape index (κ1) is 20.6. The Balaban J connectivity index is 2.06. The van der Waals surface area contributed by atoms with E-state index in [-0.39, 0.29) is 42.7 Å². The lowest BCUT2D eigenvalue weighted by molar-refractivity contribution is -0.123. The zero-order valence-electron chi connectivity index (χ0n) is 15.3. The Bertz CT molecular complexity index is 674. The summed E-state index contributed by atoms with van der Waals surface area (Å²) >= 11 is 5.76. The third kappa shape index (κ3) is 5.17. The van der Waals surface area contributed by atoms with Crippen molar-refractivity contribution in [2.75, 3.05) is 13.2 Å². The molecule has 0 bridgehead atoms. The fourth-order valence-corrected chi connectivity index (χ4v) is 3.24. The number of ether oxygens (including phenoxy) is 1. The molecular weight excluding hydrogens is 361 g/mol. The first-order valence-electron chi connectivity index (χ1n) is 8.68. The molecule has 1 heterocycles. The second-order valence-corrected chi connectivity index (χ2v) is 8.02. The molecule has 0 saturated carbocycles. The molecule has 1 saturated heterocycles. The maximum Gasteiger partial charge on any atom is 0.410 e. The summed E-state index contributed by atoms with van der Waals surface area (Å²) in [7, 11) is 0. The minimum atomic E-state index is -0.675. The third-order valence-corrected chi connectivity index (χ3v) is 4.61. The number of aliphatic hydroxyl groups excluding tert-OH is 1. The number of Topliss-reactive ketones (excluding diaryl/α,β-unsaturated/α-hetero) is 1. The van der Waals surface area contributed by atoms with Gasteiger partial charge in [0.2, 0.25) is 0 Å². The van der Waals surface area contributed by atoms with Crippen molar-refractivity contribution in [3.63, 3.8) is 0 Å². The molecule has 7 heteroatoms. The molecule has 1 aromatic rings. The highest BCUT2D eigenvalue weighted by atomic mass is 35.5. The zero-order valence-corrected chi connectivity index (χ0v) is 16.1. The van der Waals surface area contributed by atoms with Gasteiger partial charge in [0.1, 0.15) is 11.4 Å². The first-order chi connectivity index (χ1) is 12.1. The van der Waals surface area contributed by atoms with Gasteiger partial charge in [-0.05, 0) is 45.2 Å². The standard InChI is InChI=1S/C19H25ClFNO4/c1-19(2,3)26-18(25)22-10-12(11-23)9-15(22)16(24)8-7-13-5-4-6-14(20)17(13)21/h4-6,12,15,23H,7-11H2,1-3H3/t12-,15-/m0/s1. The number of rotatable bonds is 5. The van der Waals surface area contributed by atoms with Crippen molar-refractivity contribution in [1.29, 1.82) is 0 Å². The van der Waals surface area contributed by atoms with Crippen molar-refractivity contribution < 1.29 is 23.8 Å². The number of halogens is 2. The summed E-state index contributed by atoms with van der Waals surface area (Å²) in [5.41, 5.74) is -0.308. The number of hydrogen-bond donors (Lipinski definition) is 1. The molecule has 144 valence electrons. The quantitative estimate of drug-likeness (QED) is 0.840. The molecule has 0 radical (unpaired) electrons. The molecule has 2 atom stereocenters. The number of benzene rings is 1. The van der Waals surface area contributed by atoms with Crippen molar-refractivity contribution in [3.05, 3.63) is 34.6 Å². The molecule has 5 nitrogen and oxygen atoms in total. The number of aryl methyl sites for hydroxylation is 1. The van der Waals surface area contributed by atoms with Crippen molar-refractivity contribution >= 4 is 23.5 Å². The number of aliphatic hydroxyl groups is 1. The van der Waals surface area contributed by atoms with Crippen LogP contribution in [-0.4, -0.2) is 46.7 Å². The molecule has 0 aromatic heterocycles. The van der Waals surface area contributed by atoms with Gasteiger partial charge in [0.05, 0.1) is 11.1 Å². The van der Waals surface area contributed by atoms with Gasteiger partial charge in [-0.3, -0.25) is 9.69 Å². The minimum Gasteiger partial charge on any atom is -0.444 e. The highest BCUT2D eigenvalue weighted by molar-refractivity contribution is 6.30. The highest BCUT2D eigenvalue weighted by Crippen LogP contribution is 2.27. The Hall–Kier alpha value is -1.66. The maximum absolute atomic E-state index is 14.0. The molecule has 1 aliphatic heterocycles. The zero-order chi connectivity index (χ0) is 19.5. The number of ketones is 1. The molecule has 1 amide bonds. The van der Waals surface area contributed by atoms with Gasteiger partial charge in [-0.15, -0.1) is 0 Å². The number of carbonyl (C=O) groups is 2. The van der Waals surface area contributed by atoms with E-state index in [1.807, 2.05) is 0 Å². The van der Waals surface area contributed by atoms with Crippen LogP contribution in [0.4, 0.5) is 9.18 Å². The largest absolute Gasteiger partial charge is 0.444 e. The summed E-state index contributed by atoms with van der Waals surface area (Å²) < 4.78 is 19.3. The van der Waals surface area contributed by atoms with Gasteiger partial charge in [-0.1, -0.05) is 23.7 Å². The predicted octanol–water partition coefficient (Wildman–Crippen LogP) is 3.60. The summed E-state index contributed by atoms with van der Waals surface area (Å²) in [6, 6.07) is 4.01. The van der Waals surface area contributed by atoms with Gasteiger partial charge in [0, 0.05) is 25.5 Å². The summed E-state index contributed by atoms with van der Waals surface area (Å²) in [5.74, 6) is -0.865. The predicted molar refractivity (Wildman–Crippen MR) is 96.7 cm³/mol. The van der Waals surface area contributed by atoms with Gasteiger partial charge < -0.3 is 9.84 Å².